The van der Waals surface area contributed by atoms with Gasteiger partial charge in [0, 0.05) is 51.9 Å². The van der Waals surface area contributed by atoms with Gasteiger partial charge in [-0.15, -0.1) is 0 Å². The fourth-order valence-corrected chi connectivity index (χ4v) is 4.92. The highest BCUT2D eigenvalue weighted by molar-refractivity contribution is 6.01. The van der Waals surface area contributed by atoms with Crippen LogP contribution in [0.3, 0.4) is 0 Å². The smallest absolute Gasteiger partial charge is 0.272 e. The second-order valence-electron chi connectivity index (χ2n) is 9.92. The summed E-state index contributed by atoms with van der Waals surface area (Å²) in [6, 6.07) is 1.70. The molecule has 0 unspecified atom stereocenters. The van der Waals surface area contributed by atoms with Crippen molar-refractivity contribution in [1.82, 2.24) is 35.1 Å². The number of amides is 3. The van der Waals surface area contributed by atoms with Crippen molar-refractivity contribution in [2.24, 2.45) is 0 Å². The summed E-state index contributed by atoms with van der Waals surface area (Å²) in [6.45, 7) is 7.76. The third kappa shape index (κ3) is 5.06. The molecule has 3 amide bonds. The highest BCUT2D eigenvalue weighted by Gasteiger charge is 2.46. The monoisotopic (exact) mass is 459 g/mol. The predicted molar refractivity (Wildman–Crippen MR) is 124 cm³/mol. The molecule has 10 heteroatoms. The van der Waals surface area contributed by atoms with Crippen molar-refractivity contribution in [2.45, 2.75) is 57.2 Å². The quantitative estimate of drug-likeness (QED) is 0.563. The zero-order valence-corrected chi connectivity index (χ0v) is 20.1. The Kier molecular flexibility index (Phi) is 7.04. The van der Waals surface area contributed by atoms with E-state index in [-0.39, 0.29) is 36.0 Å². The van der Waals surface area contributed by atoms with E-state index >= 15 is 0 Å². The van der Waals surface area contributed by atoms with Crippen molar-refractivity contribution < 1.29 is 14.4 Å². The highest BCUT2D eigenvalue weighted by Crippen LogP contribution is 2.27. The molecule has 3 heterocycles. The van der Waals surface area contributed by atoms with E-state index in [1.54, 1.807) is 14.0 Å². The number of nitrogens with one attached hydrogen (secondary N) is 2. The van der Waals surface area contributed by atoms with Crippen LogP contribution in [0.15, 0.2) is 6.07 Å². The van der Waals surface area contributed by atoms with Crippen LogP contribution in [-0.2, 0) is 11.3 Å². The largest absolute Gasteiger partial charge is 0.351 e. The minimum absolute atomic E-state index is 0.165. The molecule has 182 valence electrons. The van der Waals surface area contributed by atoms with Gasteiger partial charge in [-0.25, -0.2) is 0 Å². The average Bonchev–Trinajstić information content (AvgIpc) is 3.46. The van der Waals surface area contributed by atoms with Crippen molar-refractivity contribution in [1.29, 1.82) is 0 Å². The van der Waals surface area contributed by atoms with Crippen LogP contribution in [0.1, 0.15) is 60.0 Å². The van der Waals surface area contributed by atoms with E-state index in [9.17, 15) is 14.4 Å². The molecule has 0 bridgehead atoms. The fourth-order valence-electron chi connectivity index (χ4n) is 4.92. The Labute approximate surface area is 195 Å². The maximum atomic E-state index is 13.1. The Bertz CT molecular complexity index is 887. The lowest BCUT2D eigenvalue weighted by molar-refractivity contribution is -0.133. The molecule has 1 atom stereocenters. The number of likely N-dealkylation sites (N-methyl/N-ethyl adjacent to an activating group) is 2. The summed E-state index contributed by atoms with van der Waals surface area (Å²) in [5.74, 6) is -0.754. The molecule has 2 N–H and O–H groups in total. The van der Waals surface area contributed by atoms with E-state index < -0.39 is 5.54 Å². The summed E-state index contributed by atoms with van der Waals surface area (Å²) in [4.78, 5) is 45.0. The molecule has 4 rings (SSSR count). The number of hydrogen-bond acceptors (Lipinski definition) is 6. The van der Waals surface area contributed by atoms with Crippen LogP contribution >= 0.6 is 0 Å². The summed E-state index contributed by atoms with van der Waals surface area (Å²) in [5.41, 5.74) is -0.493. The first-order valence-electron chi connectivity index (χ1n) is 12.1. The molecule has 3 aliphatic rings. The van der Waals surface area contributed by atoms with Crippen molar-refractivity contribution in [3.63, 3.8) is 0 Å². The molecule has 1 aromatic rings. The number of nitrogens with zero attached hydrogens (tertiary/aromatic N) is 5. The van der Waals surface area contributed by atoms with Crippen LogP contribution in [0.4, 0.5) is 0 Å². The Morgan fingerprint density at radius 3 is 2.55 bits per heavy atom. The molecule has 1 saturated carbocycles. The van der Waals surface area contributed by atoms with E-state index in [0.717, 1.165) is 64.8 Å². The average molecular weight is 460 g/mol. The molecular formula is C23H37N7O3. The van der Waals surface area contributed by atoms with Gasteiger partial charge in [-0.1, -0.05) is 12.8 Å². The molecule has 33 heavy (non-hydrogen) atoms. The summed E-state index contributed by atoms with van der Waals surface area (Å²) in [5, 5.41) is 10.4. The molecule has 2 aliphatic heterocycles. The van der Waals surface area contributed by atoms with Gasteiger partial charge in [0.05, 0.1) is 6.54 Å². The van der Waals surface area contributed by atoms with Crippen molar-refractivity contribution >= 4 is 17.7 Å². The summed E-state index contributed by atoms with van der Waals surface area (Å²) in [6.07, 6.45) is 5.06. The number of piperazine rings is 1. The number of hydrogen-bond donors (Lipinski definition) is 2. The standard InChI is InChI=1S/C23H37N7O3/c1-23(22(33)25-17-7-4-5-8-17)16-30-19(21(32)28(23)3)15-18(26-30)20(31)24-9-6-10-29-13-11-27(2)12-14-29/h15,17H,4-14,16H2,1-3H3,(H,24,31)(H,25,33)/t23-/m0/s1. The van der Waals surface area contributed by atoms with Crippen LogP contribution in [0.5, 0.6) is 0 Å². The van der Waals surface area contributed by atoms with Crippen molar-refractivity contribution in [2.75, 3.05) is 53.4 Å². The van der Waals surface area contributed by atoms with Crippen LogP contribution in [0, 0.1) is 0 Å². The van der Waals surface area contributed by atoms with E-state index in [1.807, 2.05) is 0 Å². The van der Waals surface area contributed by atoms with Gasteiger partial charge in [0.1, 0.15) is 11.2 Å². The van der Waals surface area contributed by atoms with Crippen LogP contribution < -0.4 is 10.6 Å². The van der Waals surface area contributed by atoms with Crippen LogP contribution in [0.25, 0.3) is 0 Å². The predicted octanol–water partition coefficient (Wildman–Crippen LogP) is 0.154. The van der Waals surface area contributed by atoms with E-state index in [2.05, 4.69) is 32.6 Å². The van der Waals surface area contributed by atoms with Crippen LogP contribution in [0.2, 0.25) is 0 Å². The van der Waals surface area contributed by atoms with E-state index in [0.29, 0.717) is 12.2 Å². The minimum Gasteiger partial charge on any atom is -0.351 e. The SMILES string of the molecule is CN1CCN(CCCNC(=O)c2cc3n(n2)C[C@@](C)(C(=O)NC2CCCC2)N(C)C3=O)CC1. The Hall–Kier alpha value is -2.46. The normalized spacial score (nSPS) is 24.7. The first-order chi connectivity index (χ1) is 15.8. The molecule has 1 saturated heterocycles. The molecule has 10 nitrogen and oxygen atoms in total. The molecule has 1 aromatic heterocycles. The molecule has 1 aliphatic carbocycles. The van der Waals surface area contributed by atoms with Gasteiger partial charge in [0.2, 0.25) is 5.91 Å². The number of aromatic nitrogens is 2. The lowest BCUT2D eigenvalue weighted by Gasteiger charge is -2.41. The topological polar surface area (TPSA) is 103 Å². The zero-order chi connectivity index (χ0) is 23.6. The summed E-state index contributed by atoms with van der Waals surface area (Å²) < 4.78 is 1.51. The maximum Gasteiger partial charge on any atom is 0.272 e. The van der Waals surface area contributed by atoms with Gasteiger partial charge < -0.3 is 25.3 Å². The molecule has 0 radical (unpaired) electrons. The van der Waals surface area contributed by atoms with Crippen LogP contribution in [-0.4, -0.2) is 107 Å². The van der Waals surface area contributed by atoms with Gasteiger partial charge in [-0.2, -0.15) is 5.10 Å². The first kappa shape index (κ1) is 23.7. The van der Waals surface area contributed by atoms with E-state index in [4.69, 9.17) is 0 Å². The van der Waals surface area contributed by atoms with Gasteiger partial charge in [0.15, 0.2) is 5.69 Å². The van der Waals surface area contributed by atoms with E-state index in [1.165, 1.54) is 15.6 Å². The fraction of sp³-hybridized carbons (Fsp3) is 0.739. The maximum absolute atomic E-state index is 13.1. The third-order valence-electron chi connectivity index (χ3n) is 7.45. The number of carbonyl (C=O) groups is 3. The van der Waals surface area contributed by atoms with Crippen molar-refractivity contribution in [3.8, 4) is 0 Å². The molecule has 2 fully saturated rings. The summed E-state index contributed by atoms with van der Waals surface area (Å²) in [7, 11) is 3.78. The first-order valence-corrected chi connectivity index (χ1v) is 12.1. The highest BCUT2D eigenvalue weighted by atomic mass is 16.2. The number of rotatable bonds is 7. The van der Waals surface area contributed by atoms with Crippen molar-refractivity contribution in [3.05, 3.63) is 17.5 Å². The lowest BCUT2D eigenvalue weighted by atomic mass is 9.95. The van der Waals surface area contributed by atoms with Gasteiger partial charge in [-0.3, -0.25) is 19.1 Å². The lowest BCUT2D eigenvalue weighted by Crippen LogP contribution is -2.63. The van der Waals surface area contributed by atoms with Gasteiger partial charge in [0.25, 0.3) is 11.8 Å². The Morgan fingerprint density at radius 2 is 1.85 bits per heavy atom. The number of carbonyl (C=O) groups excluding carboxylic acids is 3. The zero-order valence-electron chi connectivity index (χ0n) is 20.1. The number of fused-ring (bicyclic) bond motifs is 1. The molecule has 0 aromatic carbocycles. The summed E-state index contributed by atoms with van der Waals surface area (Å²) >= 11 is 0. The molecular weight excluding hydrogens is 422 g/mol. The van der Waals surface area contributed by atoms with Gasteiger partial charge in [-0.05, 0) is 39.8 Å². The Morgan fingerprint density at radius 1 is 1.15 bits per heavy atom. The second kappa shape index (κ2) is 9.80. The second-order valence-corrected chi connectivity index (χ2v) is 9.92. The van der Waals surface area contributed by atoms with Gasteiger partial charge >= 0.3 is 0 Å². The minimum atomic E-state index is -1.05. The third-order valence-corrected chi connectivity index (χ3v) is 7.45. The molecule has 0 spiro atoms. The Balaban J connectivity index is 1.34.